The molecule has 0 saturated heterocycles. The number of rotatable bonds is 7. The molecule has 0 unspecified atom stereocenters. The van der Waals surface area contributed by atoms with E-state index in [4.69, 9.17) is 28.4 Å². The van der Waals surface area contributed by atoms with Crippen molar-refractivity contribution in [1.82, 2.24) is 0 Å². The summed E-state index contributed by atoms with van der Waals surface area (Å²) in [4.78, 5) is 0. The number of methoxy groups -OCH3 is 6. The fraction of sp³-hybridized carbons (Fsp3) is 0.333. The van der Waals surface area contributed by atoms with Gasteiger partial charge in [-0.25, -0.2) is 0 Å². The molecule has 0 fully saturated rings. The Balaban J connectivity index is 2.88. The van der Waals surface area contributed by atoms with Gasteiger partial charge in [-0.05, 0) is 12.1 Å². The lowest BCUT2D eigenvalue weighted by Crippen LogP contribution is -1.99. The minimum atomic E-state index is -0.241. The quantitative estimate of drug-likeness (QED) is 0.772. The fourth-order valence-corrected chi connectivity index (χ4v) is 2.69. The molecule has 0 aliphatic rings. The van der Waals surface area contributed by atoms with Gasteiger partial charge >= 0.3 is 0 Å². The second-order valence-corrected chi connectivity index (χ2v) is 5.08. The van der Waals surface area contributed by atoms with Crippen molar-refractivity contribution in [3.05, 3.63) is 12.1 Å². The van der Waals surface area contributed by atoms with Crippen molar-refractivity contribution in [2.24, 2.45) is 0 Å². The molecule has 0 atom stereocenters. The predicted molar refractivity (Wildman–Crippen MR) is 94.5 cm³/mol. The van der Waals surface area contributed by atoms with Crippen LogP contribution in [0.1, 0.15) is 0 Å². The summed E-state index contributed by atoms with van der Waals surface area (Å²) in [6, 6.07) is 3.02. The summed E-state index contributed by atoms with van der Waals surface area (Å²) in [6.07, 6.45) is 0. The Hall–Kier alpha value is -3.16. The van der Waals surface area contributed by atoms with Crippen LogP contribution in [0.2, 0.25) is 0 Å². The van der Waals surface area contributed by atoms with E-state index in [-0.39, 0.29) is 45.6 Å². The summed E-state index contributed by atoms with van der Waals surface area (Å²) in [5.74, 6) is 0.719. The molecule has 26 heavy (non-hydrogen) atoms. The van der Waals surface area contributed by atoms with E-state index in [1.807, 2.05) is 0 Å². The maximum absolute atomic E-state index is 10.7. The standard InChI is InChI=1S/C18H22O8/c1-21-11-7-9(13(19)17(25-5)15(11)23-3)10-8-12(22-2)16(24-4)18(26-6)14(10)20/h7-8,19-20H,1-6H3. The van der Waals surface area contributed by atoms with Gasteiger partial charge in [0.05, 0.1) is 42.7 Å². The summed E-state index contributed by atoms with van der Waals surface area (Å²) in [7, 11) is 8.53. The van der Waals surface area contributed by atoms with Gasteiger partial charge in [0, 0.05) is 11.1 Å². The van der Waals surface area contributed by atoms with Crippen LogP contribution in [-0.4, -0.2) is 52.9 Å². The normalized spacial score (nSPS) is 10.2. The minimum absolute atomic E-state index is 0.0648. The first kappa shape index (κ1) is 19.2. The van der Waals surface area contributed by atoms with Crippen molar-refractivity contribution in [3.8, 4) is 57.1 Å². The van der Waals surface area contributed by atoms with Gasteiger partial charge in [0.25, 0.3) is 0 Å². The zero-order chi connectivity index (χ0) is 19.4. The number of phenols is 2. The van der Waals surface area contributed by atoms with Crippen molar-refractivity contribution >= 4 is 0 Å². The maximum atomic E-state index is 10.7. The predicted octanol–water partition coefficient (Wildman–Crippen LogP) is 2.82. The largest absolute Gasteiger partial charge is 0.504 e. The highest BCUT2D eigenvalue weighted by atomic mass is 16.5. The highest BCUT2D eigenvalue weighted by Crippen LogP contribution is 2.55. The van der Waals surface area contributed by atoms with E-state index in [1.54, 1.807) is 0 Å². The molecule has 0 spiro atoms. The van der Waals surface area contributed by atoms with Crippen LogP contribution < -0.4 is 28.4 Å². The summed E-state index contributed by atoms with van der Waals surface area (Å²) in [6.45, 7) is 0. The van der Waals surface area contributed by atoms with Crippen LogP contribution in [0.5, 0.6) is 46.0 Å². The third-order valence-electron chi connectivity index (χ3n) is 3.90. The first-order valence-corrected chi connectivity index (χ1v) is 7.53. The molecule has 0 bridgehead atoms. The van der Waals surface area contributed by atoms with Gasteiger partial charge in [-0.3, -0.25) is 0 Å². The molecule has 2 rings (SSSR count). The average molecular weight is 366 g/mol. The van der Waals surface area contributed by atoms with Crippen molar-refractivity contribution in [2.45, 2.75) is 0 Å². The molecule has 0 aromatic heterocycles. The van der Waals surface area contributed by atoms with Crippen LogP contribution in [0, 0.1) is 0 Å². The monoisotopic (exact) mass is 366 g/mol. The molecule has 0 radical (unpaired) electrons. The molecule has 8 heteroatoms. The lowest BCUT2D eigenvalue weighted by molar-refractivity contribution is 0.309. The average Bonchev–Trinajstić information content (AvgIpc) is 2.67. The van der Waals surface area contributed by atoms with Crippen LogP contribution in [0.4, 0.5) is 0 Å². The number of hydrogen-bond acceptors (Lipinski definition) is 8. The van der Waals surface area contributed by atoms with E-state index in [1.165, 1.54) is 54.8 Å². The molecule has 2 aromatic rings. The Morgan fingerprint density at radius 1 is 0.500 bits per heavy atom. The van der Waals surface area contributed by atoms with E-state index in [0.717, 1.165) is 0 Å². The van der Waals surface area contributed by atoms with Crippen molar-refractivity contribution in [3.63, 3.8) is 0 Å². The van der Waals surface area contributed by atoms with E-state index in [9.17, 15) is 10.2 Å². The van der Waals surface area contributed by atoms with Crippen molar-refractivity contribution in [2.75, 3.05) is 42.7 Å². The zero-order valence-electron chi connectivity index (χ0n) is 15.5. The molecular formula is C18H22O8. The van der Waals surface area contributed by atoms with E-state index in [0.29, 0.717) is 11.5 Å². The Labute approximate surface area is 151 Å². The molecule has 8 nitrogen and oxygen atoms in total. The van der Waals surface area contributed by atoms with Crippen LogP contribution in [0.25, 0.3) is 11.1 Å². The van der Waals surface area contributed by atoms with Gasteiger partial charge in [0.15, 0.2) is 23.0 Å². The number of aromatic hydroxyl groups is 2. The van der Waals surface area contributed by atoms with Gasteiger partial charge in [0.1, 0.15) is 0 Å². The molecule has 0 saturated carbocycles. The first-order chi connectivity index (χ1) is 12.5. The fourth-order valence-electron chi connectivity index (χ4n) is 2.69. The summed E-state index contributed by atoms with van der Waals surface area (Å²) in [5.41, 5.74) is 0.465. The second-order valence-electron chi connectivity index (χ2n) is 5.08. The molecule has 0 aliphatic carbocycles. The first-order valence-electron chi connectivity index (χ1n) is 7.53. The third kappa shape index (κ3) is 2.94. The van der Waals surface area contributed by atoms with Crippen LogP contribution in [-0.2, 0) is 0 Å². The second kappa shape index (κ2) is 7.81. The van der Waals surface area contributed by atoms with Crippen molar-refractivity contribution in [1.29, 1.82) is 0 Å². The topological polar surface area (TPSA) is 95.8 Å². The highest BCUT2D eigenvalue weighted by Gasteiger charge is 2.27. The minimum Gasteiger partial charge on any atom is -0.504 e. The highest BCUT2D eigenvalue weighted by molar-refractivity contribution is 5.86. The molecule has 2 aromatic carbocycles. The Kier molecular flexibility index (Phi) is 5.76. The number of benzene rings is 2. The molecule has 142 valence electrons. The third-order valence-corrected chi connectivity index (χ3v) is 3.90. The Morgan fingerprint density at radius 2 is 0.808 bits per heavy atom. The summed E-state index contributed by atoms with van der Waals surface area (Å²) in [5, 5.41) is 21.3. The maximum Gasteiger partial charge on any atom is 0.207 e. The SMILES string of the molecule is COc1cc(-c2cc(OC)c(OC)c(OC)c2O)c(O)c(OC)c1OC. The Bertz CT molecular complexity index is 733. The zero-order valence-corrected chi connectivity index (χ0v) is 15.5. The van der Waals surface area contributed by atoms with Gasteiger partial charge in [-0.15, -0.1) is 0 Å². The lowest BCUT2D eigenvalue weighted by atomic mass is 10.0. The van der Waals surface area contributed by atoms with Crippen LogP contribution >= 0.6 is 0 Å². The van der Waals surface area contributed by atoms with E-state index in [2.05, 4.69) is 0 Å². The van der Waals surface area contributed by atoms with Gasteiger partial charge in [-0.1, -0.05) is 0 Å². The molecule has 0 amide bonds. The molecular weight excluding hydrogens is 344 g/mol. The van der Waals surface area contributed by atoms with Gasteiger partial charge < -0.3 is 38.6 Å². The summed E-state index contributed by atoms with van der Waals surface area (Å²) >= 11 is 0. The smallest absolute Gasteiger partial charge is 0.207 e. The number of ether oxygens (including phenoxy) is 6. The van der Waals surface area contributed by atoms with Gasteiger partial charge in [0.2, 0.25) is 23.0 Å². The van der Waals surface area contributed by atoms with E-state index < -0.39 is 0 Å². The number of hydrogen-bond donors (Lipinski definition) is 2. The van der Waals surface area contributed by atoms with Crippen molar-refractivity contribution < 1.29 is 38.6 Å². The van der Waals surface area contributed by atoms with Crippen LogP contribution in [0.15, 0.2) is 12.1 Å². The molecule has 0 heterocycles. The number of phenolic OH excluding ortho intramolecular Hbond substituents is 2. The van der Waals surface area contributed by atoms with Crippen LogP contribution in [0.3, 0.4) is 0 Å². The van der Waals surface area contributed by atoms with E-state index >= 15 is 0 Å². The molecule has 2 N–H and O–H groups in total. The Morgan fingerprint density at radius 3 is 1.04 bits per heavy atom. The molecule has 0 aliphatic heterocycles. The van der Waals surface area contributed by atoms with Gasteiger partial charge in [-0.2, -0.15) is 0 Å². The summed E-state index contributed by atoms with van der Waals surface area (Å²) < 4.78 is 31.6. The lowest BCUT2D eigenvalue weighted by Gasteiger charge is -2.19.